The molecular formula is C21H44N2O2. The van der Waals surface area contributed by atoms with E-state index in [0.717, 1.165) is 32.4 Å². The van der Waals surface area contributed by atoms with Crippen LogP contribution in [0, 0.1) is 5.92 Å². The molecule has 0 aliphatic carbocycles. The quantitative estimate of drug-likeness (QED) is 0.383. The SMILES string of the molecule is CCCCCCCCON1C(C)(C)CC(N(O)CC(C)C)CC1(C)C. The van der Waals surface area contributed by atoms with Crippen LogP contribution in [0.1, 0.15) is 99.8 Å². The Labute approximate surface area is 156 Å². The van der Waals surface area contributed by atoms with Gasteiger partial charge in [0, 0.05) is 23.7 Å². The fourth-order valence-electron chi connectivity index (χ4n) is 4.33. The standard InChI is InChI=1S/C21H44N2O2/c1-8-9-10-11-12-13-14-25-23-20(4,5)15-19(16-21(23,6)7)22(24)17-18(2)3/h18-19,24H,8-17H2,1-7H3. The van der Waals surface area contributed by atoms with Crippen LogP contribution < -0.4 is 0 Å². The first-order valence-electron chi connectivity index (χ1n) is 10.5. The van der Waals surface area contributed by atoms with Gasteiger partial charge in [-0.05, 0) is 52.9 Å². The average Bonchev–Trinajstić information content (AvgIpc) is 2.46. The summed E-state index contributed by atoms with van der Waals surface area (Å²) in [5, 5.41) is 14.3. The molecule has 0 aromatic rings. The molecule has 1 heterocycles. The summed E-state index contributed by atoms with van der Waals surface area (Å²) in [4.78, 5) is 6.26. The molecule has 0 amide bonds. The van der Waals surface area contributed by atoms with Gasteiger partial charge in [-0.1, -0.05) is 52.9 Å². The van der Waals surface area contributed by atoms with Gasteiger partial charge in [0.1, 0.15) is 0 Å². The minimum absolute atomic E-state index is 0.0768. The first-order chi connectivity index (χ1) is 11.6. The molecule has 0 radical (unpaired) electrons. The van der Waals surface area contributed by atoms with Crippen molar-refractivity contribution in [2.45, 2.75) is 117 Å². The summed E-state index contributed by atoms with van der Waals surface area (Å²) in [5.41, 5.74) is -0.154. The minimum Gasteiger partial charge on any atom is -0.314 e. The van der Waals surface area contributed by atoms with Gasteiger partial charge < -0.3 is 5.21 Å². The number of hydroxylamine groups is 4. The maximum Gasteiger partial charge on any atom is 0.0685 e. The Morgan fingerprint density at radius 2 is 1.52 bits per heavy atom. The summed E-state index contributed by atoms with van der Waals surface area (Å²) >= 11 is 0. The molecule has 0 bridgehead atoms. The molecule has 1 aliphatic rings. The van der Waals surface area contributed by atoms with E-state index in [9.17, 15) is 5.21 Å². The molecule has 0 aromatic carbocycles. The third-order valence-corrected chi connectivity index (χ3v) is 5.26. The van der Waals surface area contributed by atoms with Crippen LogP contribution in [0.15, 0.2) is 0 Å². The molecule has 1 saturated heterocycles. The number of piperidine rings is 1. The lowest BCUT2D eigenvalue weighted by Crippen LogP contribution is -2.64. The summed E-state index contributed by atoms with van der Waals surface area (Å²) in [5.74, 6) is 0.471. The van der Waals surface area contributed by atoms with Gasteiger partial charge in [0.05, 0.1) is 6.61 Å². The number of hydrogen-bond acceptors (Lipinski definition) is 4. The number of unbranched alkanes of at least 4 members (excludes halogenated alkanes) is 5. The number of rotatable bonds is 11. The predicted octanol–water partition coefficient (Wildman–Crippen LogP) is 5.65. The zero-order valence-electron chi connectivity index (χ0n) is 18.0. The van der Waals surface area contributed by atoms with Crippen molar-refractivity contribution in [1.82, 2.24) is 10.1 Å². The van der Waals surface area contributed by atoms with Crippen LogP contribution in [0.25, 0.3) is 0 Å². The molecule has 1 fully saturated rings. The maximum absolute atomic E-state index is 10.5. The minimum atomic E-state index is -0.0768. The van der Waals surface area contributed by atoms with Crippen molar-refractivity contribution in [3.63, 3.8) is 0 Å². The second kappa shape index (κ2) is 10.2. The lowest BCUT2D eigenvalue weighted by atomic mass is 9.78. The highest BCUT2D eigenvalue weighted by Crippen LogP contribution is 2.40. The van der Waals surface area contributed by atoms with Crippen LogP contribution in [0.3, 0.4) is 0 Å². The van der Waals surface area contributed by atoms with Gasteiger partial charge in [-0.25, -0.2) is 0 Å². The molecule has 0 spiro atoms. The molecular weight excluding hydrogens is 312 g/mol. The third kappa shape index (κ3) is 7.54. The highest BCUT2D eigenvalue weighted by molar-refractivity contribution is 4.99. The van der Waals surface area contributed by atoms with Gasteiger partial charge in [0.15, 0.2) is 0 Å². The van der Waals surface area contributed by atoms with Crippen molar-refractivity contribution in [3.05, 3.63) is 0 Å². The van der Waals surface area contributed by atoms with Crippen molar-refractivity contribution in [2.24, 2.45) is 5.92 Å². The molecule has 4 heteroatoms. The molecule has 0 unspecified atom stereocenters. The Bertz CT molecular complexity index is 351. The van der Waals surface area contributed by atoms with Gasteiger partial charge in [0.2, 0.25) is 0 Å². The summed E-state index contributed by atoms with van der Waals surface area (Å²) in [6, 6.07) is 0.196. The molecule has 0 saturated carbocycles. The summed E-state index contributed by atoms with van der Waals surface area (Å²) in [7, 11) is 0. The number of hydrogen-bond donors (Lipinski definition) is 1. The van der Waals surface area contributed by atoms with Crippen molar-refractivity contribution >= 4 is 0 Å². The van der Waals surface area contributed by atoms with Crippen molar-refractivity contribution in [2.75, 3.05) is 13.2 Å². The van der Waals surface area contributed by atoms with Crippen molar-refractivity contribution in [3.8, 4) is 0 Å². The Kier molecular flexibility index (Phi) is 9.38. The van der Waals surface area contributed by atoms with E-state index in [1.165, 1.54) is 32.1 Å². The molecule has 25 heavy (non-hydrogen) atoms. The lowest BCUT2D eigenvalue weighted by Gasteiger charge is -2.55. The van der Waals surface area contributed by atoms with E-state index in [1.54, 1.807) is 5.06 Å². The highest BCUT2D eigenvalue weighted by Gasteiger charge is 2.47. The van der Waals surface area contributed by atoms with Crippen LogP contribution in [-0.2, 0) is 4.84 Å². The smallest absolute Gasteiger partial charge is 0.0685 e. The Morgan fingerprint density at radius 1 is 1.00 bits per heavy atom. The zero-order valence-corrected chi connectivity index (χ0v) is 18.0. The zero-order chi connectivity index (χ0) is 19.1. The van der Waals surface area contributed by atoms with Crippen LogP contribution in [0.4, 0.5) is 0 Å². The van der Waals surface area contributed by atoms with Crippen LogP contribution in [-0.4, -0.2) is 45.6 Å². The molecule has 0 atom stereocenters. The third-order valence-electron chi connectivity index (χ3n) is 5.26. The average molecular weight is 357 g/mol. The van der Waals surface area contributed by atoms with E-state index in [1.807, 2.05) is 0 Å². The fraction of sp³-hybridized carbons (Fsp3) is 1.00. The molecule has 4 nitrogen and oxygen atoms in total. The summed E-state index contributed by atoms with van der Waals surface area (Å²) in [6.45, 7) is 17.1. The second-order valence-corrected chi connectivity index (χ2v) is 9.60. The molecule has 1 aliphatic heterocycles. The molecule has 1 rings (SSSR count). The fourth-order valence-corrected chi connectivity index (χ4v) is 4.33. The van der Waals surface area contributed by atoms with Crippen LogP contribution >= 0.6 is 0 Å². The van der Waals surface area contributed by atoms with E-state index >= 15 is 0 Å². The first-order valence-corrected chi connectivity index (χ1v) is 10.5. The van der Waals surface area contributed by atoms with E-state index < -0.39 is 0 Å². The Hall–Kier alpha value is -0.160. The van der Waals surface area contributed by atoms with E-state index in [4.69, 9.17) is 4.84 Å². The lowest BCUT2D eigenvalue weighted by molar-refractivity contribution is -0.300. The molecule has 150 valence electrons. The largest absolute Gasteiger partial charge is 0.314 e. The predicted molar refractivity (Wildman–Crippen MR) is 106 cm³/mol. The maximum atomic E-state index is 10.5. The van der Waals surface area contributed by atoms with Gasteiger partial charge in [-0.3, -0.25) is 4.84 Å². The second-order valence-electron chi connectivity index (χ2n) is 9.60. The van der Waals surface area contributed by atoms with E-state index in [2.05, 4.69) is 53.5 Å². The Balaban J connectivity index is 2.52. The van der Waals surface area contributed by atoms with Gasteiger partial charge >= 0.3 is 0 Å². The molecule has 1 N–H and O–H groups in total. The van der Waals surface area contributed by atoms with E-state index in [0.29, 0.717) is 5.92 Å². The summed E-state index contributed by atoms with van der Waals surface area (Å²) < 4.78 is 0. The first kappa shape index (κ1) is 22.9. The van der Waals surface area contributed by atoms with E-state index in [-0.39, 0.29) is 17.1 Å². The van der Waals surface area contributed by atoms with Gasteiger partial charge in [-0.2, -0.15) is 10.1 Å². The van der Waals surface area contributed by atoms with Crippen LogP contribution in [0.5, 0.6) is 0 Å². The van der Waals surface area contributed by atoms with Crippen LogP contribution in [0.2, 0.25) is 0 Å². The topological polar surface area (TPSA) is 35.9 Å². The normalized spacial score (nSPS) is 21.4. The van der Waals surface area contributed by atoms with Gasteiger partial charge in [-0.15, -0.1) is 0 Å². The van der Waals surface area contributed by atoms with Crippen molar-refractivity contribution in [1.29, 1.82) is 0 Å². The monoisotopic (exact) mass is 356 g/mol. The van der Waals surface area contributed by atoms with Crippen molar-refractivity contribution < 1.29 is 10.0 Å². The Morgan fingerprint density at radius 3 is 2.04 bits per heavy atom. The number of nitrogens with zero attached hydrogens (tertiary/aromatic N) is 2. The summed E-state index contributed by atoms with van der Waals surface area (Å²) in [6.07, 6.45) is 9.56. The highest BCUT2D eigenvalue weighted by atomic mass is 16.7. The molecule has 0 aromatic heterocycles. The van der Waals surface area contributed by atoms with Gasteiger partial charge in [0.25, 0.3) is 0 Å².